The van der Waals surface area contributed by atoms with E-state index in [1.165, 1.54) is 4.90 Å². The number of hydrogen-bond acceptors (Lipinski definition) is 3. The molecule has 1 aromatic heterocycles. The second kappa shape index (κ2) is 8.15. The third-order valence-electron chi connectivity index (χ3n) is 7.04. The second-order valence-electron chi connectivity index (χ2n) is 9.04. The van der Waals surface area contributed by atoms with Crippen molar-refractivity contribution in [3.63, 3.8) is 0 Å². The molecule has 6 rings (SSSR count). The largest absolute Gasteiger partial charge is 0.387 e. The summed E-state index contributed by atoms with van der Waals surface area (Å²) in [5, 5.41) is 11.8. The van der Waals surface area contributed by atoms with Crippen LogP contribution in [0.5, 0.6) is 0 Å². The van der Waals surface area contributed by atoms with E-state index in [0.29, 0.717) is 6.42 Å². The number of para-hydroxylation sites is 1. The molecule has 6 heteroatoms. The number of H-pyrrole nitrogens is 1. The van der Waals surface area contributed by atoms with E-state index in [1.54, 1.807) is 4.90 Å². The van der Waals surface area contributed by atoms with E-state index in [0.717, 1.165) is 33.3 Å². The Bertz CT molecular complexity index is 1370. The number of aliphatic hydroxyl groups excluding tert-OH is 1. The van der Waals surface area contributed by atoms with Crippen LogP contribution in [0.25, 0.3) is 10.9 Å². The molecule has 1 fully saturated rings. The molecule has 0 aliphatic carbocycles. The fourth-order valence-electron chi connectivity index (χ4n) is 5.45. The number of piperazine rings is 1. The van der Waals surface area contributed by atoms with Gasteiger partial charge in [0.25, 0.3) is 0 Å². The van der Waals surface area contributed by atoms with E-state index in [2.05, 4.69) is 11.1 Å². The molecule has 3 aromatic carbocycles. The monoisotopic (exact) mass is 451 g/mol. The number of carbonyl (C=O) groups excluding carboxylic acids is 2. The van der Waals surface area contributed by atoms with E-state index >= 15 is 0 Å². The van der Waals surface area contributed by atoms with Gasteiger partial charge in [-0.1, -0.05) is 78.9 Å². The summed E-state index contributed by atoms with van der Waals surface area (Å²) < 4.78 is 0. The zero-order valence-electron chi connectivity index (χ0n) is 18.6. The highest BCUT2D eigenvalue weighted by Crippen LogP contribution is 2.42. The predicted octanol–water partition coefficient (Wildman–Crippen LogP) is 3.59. The van der Waals surface area contributed by atoms with Gasteiger partial charge in [0.05, 0.1) is 25.2 Å². The van der Waals surface area contributed by atoms with Crippen LogP contribution in [-0.2, 0) is 16.0 Å². The van der Waals surface area contributed by atoms with E-state index in [4.69, 9.17) is 0 Å². The lowest BCUT2D eigenvalue weighted by Gasteiger charge is -2.47. The first-order valence-corrected chi connectivity index (χ1v) is 11.6. The summed E-state index contributed by atoms with van der Waals surface area (Å²) >= 11 is 0. The number of β-amino-alcohol motifs (C(OH)–C–C–N with tert-alkyl or cyclic N) is 1. The van der Waals surface area contributed by atoms with Gasteiger partial charge < -0.3 is 19.9 Å². The maximum atomic E-state index is 13.7. The molecule has 3 heterocycles. The molecule has 170 valence electrons. The highest BCUT2D eigenvalue weighted by molar-refractivity contribution is 5.97. The summed E-state index contributed by atoms with van der Waals surface area (Å²) in [4.78, 5) is 34.1. The van der Waals surface area contributed by atoms with Gasteiger partial charge in [0, 0.05) is 23.0 Å². The van der Waals surface area contributed by atoms with Crippen LogP contribution in [0, 0.1) is 0 Å². The quantitative estimate of drug-likeness (QED) is 0.498. The first kappa shape index (κ1) is 20.7. The molecular formula is C28H25N3O3. The molecule has 6 nitrogen and oxygen atoms in total. The van der Waals surface area contributed by atoms with Crippen LogP contribution in [0.4, 0.5) is 0 Å². The van der Waals surface area contributed by atoms with Crippen LogP contribution >= 0.6 is 0 Å². The van der Waals surface area contributed by atoms with Crippen LogP contribution in [0.15, 0.2) is 84.9 Å². The lowest BCUT2D eigenvalue weighted by Crippen LogP contribution is -2.63. The third-order valence-corrected chi connectivity index (χ3v) is 7.04. The summed E-state index contributed by atoms with van der Waals surface area (Å²) in [5.41, 5.74) is 4.76. The summed E-state index contributed by atoms with van der Waals surface area (Å²) in [6.45, 7) is 0.0494. The normalized spacial score (nSPS) is 20.9. The molecule has 2 aliphatic heterocycles. The number of nitrogens with zero attached hydrogens (tertiary/aromatic N) is 2. The number of hydrogen-bond donors (Lipinski definition) is 2. The number of rotatable bonds is 4. The highest BCUT2D eigenvalue weighted by Gasteiger charge is 2.48. The van der Waals surface area contributed by atoms with Gasteiger partial charge in [0.15, 0.2) is 0 Å². The van der Waals surface area contributed by atoms with Gasteiger partial charge in [-0.3, -0.25) is 9.59 Å². The summed E-state index contributed by atoms with van der Waals surface area (Å²) in [7, 11) is 0. The molecule has 3 atom stereocenters. The minimum Gasteiger partial charge on any atom is -0.387 e. The molecule has 0 spiro atoms. The first-order valence-electron chi connectivity index (χ1n) is 11.6. The minimum atomic E-state index is -0.846. The zero-order valence-corrected chi connectivity index (χ0v) is 18.6. The number of benzene rings is 3. The van der Waals surface area contributed by atoms with Crippen LogP contribution in [0.2, 0.25) is 0 Å². The average molecular weight is 452 g/mol. The molecule has 0 radical (unpaired) electrons. The number of carbonyl (C=O) groups is 2. The Hall–Kier alpha value is -3.90. The van der Waals surface area contributed by atoms with Crippen LogP contribution in [-0.4, -0.2) is 50.8 Å². The van der Waals surface area contributed by atoms with Gasteiger partial charge in [-0.15, -0.1) is 0 Å². The van der Waals surface area contributed by atoms with Crippen molar-refractivity contribution >= 4 is 22.7 Å². The Kier molecular flexibility index (Phi) is 4.96. The number of nitrogens with one attached hydrogen (secondary N) is 1. The van der Waals surface area contributed by atoms with E-state index in [1.807, 2.05) is 78.9 Å². The zero-order chi connectivity index (χ0) is 23.2. The van der Waals surface area contributed by atoms with Crippen molar-refractivity contribution in [2.75, 3.05) is 13.1 Å². The Morgan fingerprint density at radius 1 is 0.912 bits per heavy atom. The Labute approximate surface area is 197 Å². The first-order chi connectivity index (χ1) is 16.6. The Morgan fingerprint density at radius 3 is 2.35 bits per heavy atom. The maximum Gasteiger partial charge on any atom is 0.246 e. The van der Waals surface area contributed by atoms with Gasteiger partial charge in [-0.2, -0.15) is 0 Å². The van der Waals surface area contributed by atoms with Crippen LogP contribution in [0.1, 0.15) is 34.5 Å². The van der Waals surface area contributed by atoms with Gasteiger partial charge in [0.2, 0.25) is 11.8 Å². The number of aliphatic hydroxyl groups is 1. The fraction of sp³-hybridized carbons (Fsp3) is 0.214. The van der Waals surface area contributed by atoms with Crippen molar-refractivity contribution in [3.8, 4) is 0 Å². The van der Waals surface area contributed by atoms with Gasteiger partial charge >= 0.3 is 0 Å². The number of amides is 2. The molecule has 0 bridgehead atoms. The molecule has 2 N–H and O–H groups in total. The predicted molar refractivity (Wildman–Crippen MR) is 129 cm³/mol. The van der Waals surface area contributed by atoms with Gasteiger partial charge in [0.1, 0.15) is 6.04 Å². The summed E-state index contributed by atoms with van der Waals surface area (Å²) in [6.07, 6.45) is -0.396. The van der Waals surface area contributed by atoms with Crippen molar-refractivity contribution in [3.05, 3.63) is 107 Å². The number of fused-ring (bicyclic) bond motifs is 4. The summed E-state index contributed by atoms with van der Waals surface area (Å²) in [5.74, 6) is -0.227. The smallest absolute Gasteiger partial charge is 0.246 e. The Balaban J connectivity index is 1.41. The van der Waals surface area contributed by atoms with E-state index in [-0.39, 0.29) is 30.9 Å². The van der Waals surface area contributed by atoms with Crippen LogP contribution < -0.4 is 0 Å². The van der Waals surface area contributed by atoms with Gasteiger partial charge in [-0.25, -0.2) is 0 Å². The van der Waals surface area contributed by atoms with Crippen LogP contribution in [0.3, 0.4) is 0 Å². The Morgan fingerprint density at radius 2 is 1.59 bits per heavy atom. The molecule has 0 unspecified atom stereocenters. The van der Waals surface area contributed by atoms with Gasteiger partial charge in [-0.05, 0) is 22.8 Å². The number of aromatic nitrogens is 1. The lowest BCUT2D eigenvalue weighted by atomic mass is 9.86. The molecule has 4 aromatic rings. The number of aromatic amines is 1. The molecule has 34 heavy (non-hydrogen) atoms. The molecule has 2 amide bonds. The molecule has 1 saturated heterocycles. The SMILES string of the molecule is O=C1[C@@H]2Cc3c([nH]c4ccccc34)[C@@H](c3ccccc3)N2C(=O)CN1C[C@H](O)c1ccccc1. The van der Waals surface area contributed by atoms with Crippen molar-refractivity contribution in [1.82, 2.24) is 14.8 Å². The molecule has 0 saturated carbocycles. The topological polar surface area (TPSA) is 76.6 Å². The van der Waals surface area contributed by atoms with E-state index < -0.39 is 12.1 Å². The van der Waals surface area contributed by atoms with Crippen molar-refractivity contribution in [1.29, 1.82) is 0 Å². The molecule has 2 aliphatic rings. The minimum absolute atomic E-state index is 0.0435. The fourth-order valence-corrected chi connectivity index (χ4v) is 5.45. The lowest BCUT2D eigenvalue weighted by molar-refractivity contribution is -0.159. The van der Waals surface area contributed by atoms with Crippen molar-refractivity contribution in [2.24, 2.45) is 0 Å². The highest BCUT2D eigenvalue weighted by atomic mass is 16.3. The second-order valence-corrected chi connectivity index (χ2v) is 9.04. The third kappa shape index (κ3) is 3.30. The summed E-state index contributed by atoms with van der Waals surface area (Å²) in [6, 6.07) is 26.2. The average Bonchev–Trinajstić information content (AvgIpc) is 3.25. The van der Waals surface area contributed by atoms with Crippen molar-refractivity contribution in [2.45, 2.75) is 24.6 Å². The molecular weight excluding hydrogens is 426 g/mol. The van der Waals surface area contributed by atoms with E-state index in [9.17, 15) is 14.7 Å². The maximum absolute atomic E-state index is 13.7. The standard InChI is InChI=1S/C28H25N3O3/c32-24(18-9-3-1-4-10-18)16-30-17-25(33)31-23(28(30)34)15-21-20-13-7-8-14-22(20)29-26(21)27(31)19-11-5-2-6-12-19/h1-14,23-24,27,29,32H,15-17H2/t23-,24-,27+/m0/s1. The van der Waals surface area contributed by atoms with Crippen molar-refractivity contribution < 1.29 is 14.7 Å².